The van der Waals surface area contributed by atoms with Crippen molar-refractivity contribution >= 4 is 27.1 Å². The molecule has 0 radical (unpaired) electrons. The fourth-order valence-electron chi connectivity index (χ4n) is 3.96. The zero-order valence-electron chi connectivity index (χ0n) is 19.2. The molecule has 2 aromatic carbocycles. The van der Waals surface area contributed by atoms with Gasteiger partial charge in [-0.25, -0.2) is 13.5 Å². The summed E-state index contributed by atoms with van der Waals surface area (Å²) in [4.78, 5) is 14.6. The number of hydroxylamine groups is 1. The van der Waals surface area contributed by atoms with Crippen LogP contribution in [0.5, 0.6) is 11.5 Å². The lowest BCUT2D eigenvalue weighted by Crippen LogP contribution is -2.32. The van der Waals surface area contributed by atoms with Gasteiger partial charge in [0.1, 0.15) is 9.84 Å². The first-order chi connectivity index (χ1) is 15.7. The Hall–Kier alpha value is -2.98. The summed E-state index contributed by atoms with van der Waals surface area (Å²) in [7, 11) is -2.00. The molecule has 3 rings (SSSR count). The number of benzene rings is 2. The topological polar surface area (TPSA) is 122 Å². The van der Waals surface area contributed by atoms with Gasteiger partial charge in [0, 0.05) is 19.3 Å². The lowest BCUT2D eigenvalue weighted by Gasteiger charge is -2.30. The highest BCUT2D eigenvalue weighted by atomic mass is 32.2. The number of anilines is 2. The van der Waals surface area contributed by atoms with Crippen molar-refractivity contribution in [2.75, 3.05) is 49.6 Å². The Morgan fingerprint density at radius 1 is 1.21 bits per heavy atom. The van der Waals surface area contributed by atoms with E-state index in [2.05, 4.69) is 0 Å². The smallest absolute Gasteiger partial charge is 0.256 e. The van der Waals surface area contributed by atoms with Gasteiger partial charge < -0.3 is 20.1 Å². The normalized spacial score (nSPS) is 14.7. The second kappa shape index (κ2) is 10.3. The zero-order valence-corrected chi connectivity index (χ0v) is 20.0. The van der Waals surface area contributed by atoms with Crippen LogP contribution < -0.4 is 20.3 Å². The van der Waals surface area contributed by atoms with Crippen LogP contribution in [0.25, 0.3) is 0 Å². The third-order valence-corrected chi connectivity index (χ3v) is 6.50. The SMILES string of the molecule is CCOc1cc([C@H](CS(C)(=O)=O)N(O)c2cccc(C(=O)N3CCCC3)c2N)ccc1OC. The molecular weight excluding hydrogens is 446 g/mol. The van der Waals surface area contributed by atoms with E-state index in [0.717, 1.165) is 24.2 Å². The Balaban J connectivity index is 2.03. The van der Waals surface area contributed by atoms with Crippen molar-refractivity contribution < 1.29 is 27.9 Å². The maximum absolute atomic E-state index is 12.9. The lowest BCUT2D eigenvalue weighted by molar-refractivity contribution is 0.0794. The zero-order chi connectivity index (χ0) is 24.2. The Kier molecular flexibility index (Phi) is 7.70. The van der Waals surface area contributed by atoms with Crippen molar-refractivity contribution in [3.05, 3.63) is 47.5 Å². The third-order valence-electron chi connectivity index (χ3n) is 5.58. The van der Waals surface area contributed by atoms with Gasteiger partial charge in [-0.1, -0.05) is 12.1 Å². The molecule has 1 aliphatic rings. The predicted molar refractivity (Wildman–Crippen MR) is 127 cm³/mol. The van der Waals surface area contributed by atoms with Gasteiger partial charge in [0.2, 0.25) is 0 Å². The first-order valence-corrected chi connectivity index (χ1v) is 12.9. The molecule has 1 atom stereocenters. The largest absolute Gasteiger partial charge is 0.493 e. The van der Waals surface area contributed by atoms with E-state index < -0.39 is 15.9 Å². The fourth-order valence-corrected chi connectivity index (χ4v) is 4.87. The van der Waals surface area contributed by atoms with Gasteiger partial charge >= 0.3 is 0 Å². The second-order valence-electron chi connectivity index (χ2n) is 8.03. The molecule has 0 aliphatic carbocycles. The van der Waals surface area contributed by atoms with Crippen molar-refractivity contribution in [1.82, 2.24) is 4.90 Å². The van der Waals surface area contributed by atoms with E-state index in [0.29, 0.717) is 36.8 Å². The van der Waals surface area contributed by atoms with Crippen molar-refractivity contribution in [2.24, 2.45) is 0 Å². The Bertz CT molecular complexity index is 1100. The molecule has 1 heterocycles. The van der Waals surface area contributed by atoms with Crippen LogP contribution in [0.4, 0.5) is 11.4 Å². The highest BCUT2D eigenvalue weighted by Gasteiger charge is 2.29. The number of sulfone groups is 1. The number of methoxy groups -OCH3 is 1. The summed E-state index contributed by atoms with van der Waals surface area (Å²) in [6.45, 7) is 3.53. The molecule has 0 saturated carbocycles. The molecule has 9 nitrogen and oxygen atoms in total. The molecule has 2 aromatic rings. The molecule has 33 heavy (non-hydrogen) atoms. The first-order valence-electron chi connectivity index (χ1n) is 10.8. The molecule has 0 bridgehead atoms. The van der Waals surface area contributed by atoms with E-state index in [4.69, 9.17) is 15.2 Å². The number of ether oxygens (including phenoxy) is 2. The van der Waals surface area contributed by atoms with Crippen molar-refractivity contribution in [3.63, 3.8) is 0 Å². The van der Waals surface area contributed by atoms with E-state index in [-0.39, 0.29) is 28.6 Å². The van der Waals surface area contributed by atoms with Gasteiger partial charge in [-0.15, -0.1) is 0 Å². The van der Waals surface area contributed by atoms with Gasteiger partial charge in [-0.05, 0) is 49.6 Å². The molecule has 10 heteroatoms. The summed E-state index contributed by atoms with van der Waals surface area (Å²) in [5.41, 5.74) is 7.32. The molecule has 0 aromatic heterocycles. The van der Waals surface area contributed by atoms with E-state index in [1.807, 2.05) is 6.92 Å². The quantitative estimate of drug-likeness (QED) is 0.418. The van der Waals surface area contributed by atoms with Crippen molar-refractivity contribution in [3.8, 4) is 11.5 Å². The summed E-state index contributed by atoms with van der Waals surface area (Å²) in [5, 5.41) is 12.0. The molecule has 1 fully saturated rings. The van der Waals surface area contributed by atoms with E-state index >= 15 is 0 Å². The number of rotatable bonds is 9. The first kappa shape index (κ1) is 24.7. The molecule has 1 saturated heterocycles. The number of carbonyl (C=O) groups excluding carboxylic acids is 1. The lowest BCUT2D eigenvalue weighted by atomic mass is 10.0. The number of likely N-dealkylation sites (tertiary alicyclic amines) is 1. The molecular formula is C23H31N3O6S. The minimum Gasteiger partial charge on any atom is -0.493 e. The number of hydrogen-bond donors (Lipinski definition) is 2. The van der Waals surface area contributed by atoms with Crippen molar-refractivity contribution in [1.29, 1.82) is 0 Å². The Labute approximate surface area is 194 Å². The van der Waals surface area contributed by atoms with Crippen LogP contribution in [-0.4, -0.2) is 63.2 Å². The summed E-state index contributed by atoms with van der Waals surface area (Å²) >= 11 is 0. The Morgan fingerprint density at radius 3 is 2.52 bits per heavy atom. The summed E-state index contributed by atoms with van der Waals surface area (Å²) < 4.78 is 35.4. The van der Waals surface area contributed by atoms with E-state index in [1.54, 1.807) is 41.3 Å². The number of nitrogens with zero attached hydrogens (tertiary/aromatic N) is 2. The number of nitrogens with two attached hydrogens (primary N) is 1. The van der Waals surface area contributed by atoms with Crippen LogP contribution in [0.2, 0.25) is 0 Å². The minimum atomic E-state index is -3.51. The van der Waals surface area contributed by atoms with Crippen LogP contribution in [0, 0.1) is 0 Å². The maximum Gasteiger partial charge on any atom is 0.256 e. The number of amides is 1. The summed E-state index contributed by atoms with van der Waals surface area (Å²) in [6, 6.07) is 8.74. The number of carbonyl (C=O) groups is 1. The number of para-hydroxylation sites is 1. The molecule has 1 aliphatic heterocycles. The number of hydrogen-bond acceptors (Lipinski definition) is 8. The van der Waals surface area contributed by atoms with Gasteiger partial charge in [0.05, 0.1) is 42.4 Å². The van der Waals surface area contributed by atoms with Crippen LogP contribution in [0.1, 0.15) is 41.7 Å². The van der Waals surface area contributed by atoms with Gasteiger partial charge in [0.25, 0.3) is 5.91 Å². The number of nitrogen functional groups attached to an aromatic ring is 1. The highest BCUT2D eigenvalue weighted by molar-refractivity contribution is 7.90. The molecule has 0 spiro atoms. The highest BCUT2D eigenvalue weighted by Crippen LogP contribution is 2.37. The van der Waals surface area contributed by atoms with E-state index in [1.165, 1.54) is 7.11 Å². The van der Waals surface area contributed by atoms with Crippen LogP contribution in [0.3, 0.4) is 0 Å². The third kappa shape index (κ3) is 5.69. The summed E-state index contributed by atoms with van der Waals surface area (Å²) in [5.74, 6) is 0.324. The molecule has 3 N–H and O–H groups in total. The molecule has 1 amide bonds. The average molecular weight is 478 g/mol. The van der Waals surface area contributed by atoms with Gasteiger partial charge in [-0.3, -0.25) is 10.0 Å². The van der Waals surface area contributed by atoms with E-state index in [9.17, 15) is 18.4 Å². The van der Waals surface area contributed by atoms with Gasteiger partial charge in [0.15, 0.2) is 11.5 Å². The fraction of sp³-hybridized carbons (Fsp3) is 0.435. The molecule has 0 unspecified atom stereocenters. The monoisotopic (exact) mass is 477 g/mol. The minimum absolute atomic E-state index is 0.0916. The van der Waals surface area contributed by atoms with Gasteiger partial charge in [-0.2, -0.15) is 0 Å². The Morgan fingerprint density at radius 2 is 1.91 bits per heavy atom. The van der Waals surface area contributed by atoms with Crippen LogP contribution in [-0.2, 0) is 9.84 Å². The summed E-state index contributed by atoms with van der Waals surface area (Å²) in [6.07, 6.45) is 2.97. The second-order valence-corrected chi connectivity index (χ2v) is 10.2. The average Bonchev–Trinajstić information content (AvgIpc) is 3.31. The maximum atomic E-state index is 12.9. The van der Waals surface area contributed by atoms with Crippen LogP contribution in [0.15, 0.2) is 36.4 Å². The molecule has 180 valence electrons. The standard InChI is InChI=1S/C23H31N3O6S/c1-4-32-21-14-16(10-11-20(21)31-2)19(15-33(3,29)30)26(28)18-9-7-8-17(22(18)24)23(27)25-12-5-6-13-25/h7-11,14,19,28H,4-6,12-13,15,24H2,1-3H3/t19-/m0/s1. The van der Waals surface area contributed by atoms with Crippen LogP contribution >= 0.6 is 0 Å². The van der Waals surface area contributed by atoms with Crippen molar-refractivity contribution in [2.45, 2.75) is 25.8 Å². The predicted octanol–water partition coefficient (Wildman–Crippen LogP) is 2.89.